The van der Waals surface area contributed by atoms with E-state index in [9.17, 15) is 5.11 Å². The highest BCUT2D eigenvalue weighted by molar-refractivity contribution is 5.61. The third-order valence-corrected chi connectivity index (χ3v) is 2.96. The molecule has 0 atom stereocenters. The van der Waals surface area contributed by atoms with Crippen LogP contribution in [0.15, 0.2) is 36.8 Å². The molecule has 1 aliphatic rings. The molecule has 0 aliphatic carbocycles. The summed E-state index contributed by atoms with van der Waals surface area (Å²) in [4.78, 5) is 4.18. The van der Waals surface area contributed by atoms with Crippen LogP contribution in [0, 0.1) is 0 Å². The van der Waals surface area contributed by atoms with E-state index in [1.807, 2.05) is 24.7 Å². The van der Waals surface area contributed by atoms with Gasteiger partial charge in [0.25, 0.3) is 0 Å². The van der Waals surface area contributed by atoms with Crippen LogP contribution in [0.2, 0.25) is 0 Å². The van der Waals surface area contributed by atoms with Crippen molar-refractivity contribution in [2.24, 2.45) is 0 Å². The van der Waals surface area contributed by atoms with E-state index >= 15 is 0 Å². The van der Waals surface area contributed by atoms with Crippen LogP contribution in [0.1, 0.15) is 6.04 Å². The fourth-order valence-corrected chi connectivity index (χ4v) is 1.95. The second-order valence-corrected chi connectivity index (χ2v) is 4.05. The van der Waals surface area contributed by atoms with Crippen molar-refractivity contribution in [1.29, 1.82) is 0 Å². The fraction of sp³-hybridized carbons (Fsp3) is 0.250. The number of hydrogen-bond donors (Lipinski definition) is 2. The molecule has 0 amide bonds. The Kier molecular flexibility index (Phi) is 2.15. The largest absolute Gasteiger partial charge is 0.508 e. The van der Waals surface area contributed by atoms with Crippen LogP contribution in [0.25, 0.3) is 11.3 Å². The smallest absolute Gasteiger partial charge is 0.116 e. The molecule has 0 bridgehead atoms. The topological polar surface area (TPSA) is 50.1 Å². The van der Waals surface area contributed by atoms with Crippen molar-refractivity contribution >= 4 is 0 Å². The summed E-state index contributed by atoms with van der Waals surface area (Å²) in [5.74, 6) is 0.289. The SMILES string of the molecule is Oc1cccc(-c2cncn2C2CNC2)c1. The number of phenols is 1. The minimum atomic E-state index is 0.289. The van der Waals surface area contributed by atoms with Crippen molar-refractivity contribution < 1.29 is 5.11 Å². The summed E-state index contributed by atoms with van der Waals surface area (Å²) in [5, 5.41) is 12.7. The zero-order valence-corrected chi connectivity index (χ0v) is 8.80. The molecule has 3 rings (SSSR count). The van der Waals surface area contributed by atoms with Crippen LogP contribution in [0.3, 0.4) is 0 Å². The Balaban J connectivity index is 2.02. The first-order chi connectivity index (χ1) is 7.84. The average Bonchev–Trinajstić information content (AvgIpc) is 2.64. The Labute approximate surface area is 93.6 Å². The molecule has 16 heavy (non-hydrogen) atoms. The molecule has 2 heterocycles. The number of benzene rings is 1. The summed E-state index contributed by atoms with van der Waals surface area (Å²) in [6.07, 6.45) is 3.69. The number of aromatic nitrogens is 2. The minimum Gasteiger partial charge on any atom is -0.508 e. The summed E-state index contributed by atoms with van der Waals surface area (Å²) < 4.78 is 2.16. The second-order valence-electron chi connectivity index (χ2n) is 4.05. The first-order valence-corrected chi connectivity index (χ1v) is 5.36. The lowest BCUT2D eigenvalue weighted by Crippen LogP contribution is -2.43. The van der Waals surface area contributed by atoms with Gasteiger partial charge in [-0.2, -0.15) is 0 Å². The molecular formula is C12H13N3O. The van der Waals surface area contributed by atoms with Gasteiger partial charge >= 0.3 is 0 Å². The van der Waals surface area contributed by atoms with Crippen molar-refractivity contribution in [1.82, 2.24) is 14.9 Å². The van der Waals surface area contributed by atoms with Gasteiger partial charge < -0.3 is 15.0 Å². The normalized spacial score (nSPS) is 16.0. The molecule has 82 valence electrons. The molecule has 1 aromatic heterocycles. The van der Waals surface area contributed by atoms with Gasteiger partial charge in [0.2, 0.25) is 0 Å². The number of nitrogens with one attached hydrogen (secondary N) is 1. The van der Waals surface area contributed by atoms with Crippen LogP contribution in [-0.4, -0.2) is 27.7 Å². The number of rotatable bonds is 2. The molecule has 0 radical (unpaired) electrons. The highest BCUT2D eigenvalue weighted by atomic mass is 16.3. The van der Waals surface area contributed by atoms with Gasteiger partial charge in [0, 0.05) is 18.7 Å². The summed E-state index contributed by atoms with van der Waals surface area (Å²) in [6.45, 7) is 1.98. The maximum atomic E-state index is 9.47. The summed E-state index contributed by atoms with van der Waals surface area (Å²) in [5.41, 5.74) is 2.06. The van der Waals surface area contributed by atoms with Crippen LogP contribution >= 0.6 is 0 Å². The van der Waals surface area contributed by atoms with Gasteiger partial charge in [0.1, 0.15) is 5.75 Å². The lowest BCUT2D eigenvalue weighted by Gasteiger charge is -2.29. The van der Waals surface area contributed by atoms with Crippen molar-refractivity contribution in [2.75, 3.05) is 13.1 Å². The Morgan fingerprint density at radius 3 is 2.94 bits per heavy atom. The minimum absolute atomic E-state index is 0.289. The highest BCUT2D eigenvalue weighted by Crippen LogP contribution is 2.26. The second kappa shape index (κ2) is 3.64. The van der Waals surface area contributed by atoms with Crippen molar-refractivity contribution in [3.63, 3.8) is 0 Å². The van der Waals surface area contributed by atoms with Gasteiger partial charge in [-0.25, -0.2) is 4.98 Å². The first-order valence-electron chi connectivity index (χ1n) is 5.36. The third kappa shape index (κ3) is 1.47. The van der Waals surface area contributed by atoms with Crippen LogP contribution in [-0.2, 0) is 0 Å². The quantitative estimate of drug-likeness (QED) is 0.796. The molecule has 0 spiro atoms. The molecule has 4 nitrogen and oxygen atoms in total. The standard InChI is InChI=1S/C12H13N3O/c16-11-3-1-2-9(4-11)12-7-14-8-15(12)10-5-13-6-10/h1-4,7-8,10,13,16H,5-6H2. The lowest BCUT2D eigenvalue weighted by molar-refractivity contribution is 0.346. The van der Waals surface area contributed by atoms with Gasteiger partial charge in [0.15, 0.2) is 0 Å². The fourth-order valence-electron chi connectivity index (χ4n) is 1.95. The number of phenolic OH excluding ortho intramolecular Hbond substituents is 1. The van der Waals surface area contributed by atoms with E-state index in [2.05, 4.69) is 14.9 Å². The van der Waals surface area contributed by atoms with Gasteiger partial charge in [0.05, 0.1) is 24.3 Å². The predicted molar refractivity (Wildman–Crippen MR) is 61.2 cm³/mol. The van der Waals surface area contributed by atoms with E-state index in [0.29, 0.717) is 6.04 Å². The molecule has 4 heteroatoms. The van der Waals surface area contributed by atoms with Crippen molar-refractivity contribution in [3.8, 4) is 17.0 Å². The van der Waals surface area contributed by atoms with Gasteiger partial charge in [-0.1, -0.05) is 12.1 Å². The van der Waals surface area contributed by atoms with Gasteiger partial charge in [-0.3, -0.25) is 0 Å². The monoisotopic (exact) mass is 215 g/mol. The van der Waals surface area contributed by atoms with E-state index < -0.39 is 0 Å². The molecule has 1 aliphatic heterocycles. The Hall–Kier alpha value is -1.81. The maximum absolute atomic E-state index is 9.47. The predicted octanol–water partition coefficient (Wildman–Crippen LogP) is 1.40. The summed E-state index contributed by atoms with van der Waals surface area (Å²) >= 11 is 0. The molecule has 2 N–H and O–H groups in total. The van der Waals surface area contributed by atoms with Crippen LogP contribution < -0.4 is 5.32 Å². The van der Waals surface area contributed by atoms with E-state index in [0.717, 1.165) is 24.3 Å². The molecule has 2 aromatic rings. The molecule has 1 aromatic carbocycles. The zero-order chi connectivity index (χ0) is 11.0. The van der Waals surface area contributed by atoms with E-state index in [1.165, 1.54) is 0 Å². The number of aromatic hydroxyl groups is 1. The third-order valence-electron chi connectivity index (χ3n) is 2.96. The number of nitrogens with zero attached hydrogens (tertiary/aromatic N) is 2. The van der Waals surface area contributed by atoms with Crippen LogP contribution in [0.4, 0.5) is 0 Å². The lowest BCUT2D eigenvalue weighted by atomic mass is 10.1. The zero-order valence-electron chi connectivity index (χ0n) is 8.80. The first kappa shape index (κ1) is 9.42. The molecule has 0 saturated carbocycles. The molecule has 0 unspecified atom stereocenters. The summed E-state index contributed by atoms with van der Waals surface area (Å²) in [6, 6.07) is 7.76. The Morgan fingerprint density at radius 2 is 2.25 bits per heavy atom. The van der Waals surface area contributed by atoms with Crippen molar-refractivity contribution in [2.45, 2.75) is 6.04 Å². The van der Waals surface area contributed by atoms with E-state index in [1.54, 1.807) is 12.1 Å². The van der Waals surface area contributed by atoms with E-state index in [4.69, 9.17) is 0 Å². The van der Waals surface area contributed by atoms with Crippen molar-refractivity contribution in [3.05, 3.63) is 36.8 Å². The van der Waals surface area contributed by atoms with E-state index in [-0.39, 0.29) is 5.75 Å². The maximum Gasteiger partial charge on any atom is 0.116 e. The number of hydrogen-bond acceptors (Lipinski definition) is 3. The molecule has 1 fully saturated rings. The molecular weight excluding hydrogens is 202 g/mol. The number of imidazole rings is 1. The Morgan fingerprint density at radius 1 is 1.38 bits per heavy atom. The Bertz CT molecular complexity index is 502. The van der Waals surface area contributed by atoms with Crippen LogP contribution in [0.5, 0.6) is 5.75 Å². The highest BCUT2D eigenvalue weighted by Gasteiger charge is 2.21. The average molecular weight is 215 g/mol. The summed E-state index contributed by atoms with van der Waals surface area (Å²) in [7, 11) is 0. The van der Waals surface area contributed by atoms with Gasteiger partial charge in [-0.05, 0) is 12.1 Å². The van der Waals surface area contributed by atoms with Gasteiger partial charge in [-0.15, -0.1) is 0 Å². The molecule has 1 saturated heterocycles.